The van der Waals surface area contributed by atoms with Gasteiger partial charge in [0.1, 0.15) is 17.5 Å². The first-order valence-electron chi connectivity index (χ1n) is 8.19. The molecule has 1 aliphatic heterocycles. The van der Waals surface area contributed by atoms with Crippen molar-refractivity contribution in [3.05, 3.63) is 11.4 Å². The molecule has 1 aromatic rings. The third-order valence-corrected chi connectivity index (χ3v) is 4.79. The molecular formula is C16H27N5. The Bertz CT molecular complexity index is 512. The number of rotatable bonds is 4. The number of nitrogens with one attached hydrogen (secondary N) is 1. The molecule has 0 amide bonds. The van der Waals surface area contributed by atoms with E-state index in [-0.39, 0.29) is 0 Å². The first-order valence-corrected chi connectivity index (χ1v) is 8.19. The number of aromatic nitrogens is 2. The lowest BCUT2D eigenvalue weighted by Gasteiger charge is -2.40. The molecule has 0 aromatic carbocycles. The molecule has 5 heteroatoms. The van der Waals surface area contributed by atoms with Gasteiger partial charge in [0.25, 0.3) is 0 Å². The molecule has 0 bridgehead atoms. The van der Waals surface area contributed by atoms with Gasteiger partial charge in [-0.25, -0.2) is 9.97 Å². The molecule has 5 nitrogen and oxygen atoms in total. The largest absolute Gasteiger partial charge is 0.373 e. The molecular weight excluding hydrogens is 262 g/mol. The van der Waals surface area contributed by atoms with E-state index in [2.05, 4.69) is 35.9 Å². The maximum Gasteiger partial charge on any atom is 0.137 e. The molecule has 1 N–H and O–H groups in total. The van der Waals surface area contributed by atoms with Crippen LogP contribution in [-0.4, -0.2) is 54.1 Å². The monoisotopic (exact) mass is 289 g/mol. The molecule has 1 aromatic heterocycles. The van der Waals surface area contributed by atoms with Crippen molar-refractivity contribution < 1.29 is 0 Å². The topological polar surface area (TPSA) is 44.3 Å². The van der Waals surface area contributed by atoms with Gasteiger partial charge in [0, 0.05) is 44.2 Å². The van der Waals surface area contributed by atoms with Crippen LogP contribution >= 0.6 is 0 Å². The van der Waals surface area contributed by atoms with Gasteiger partial charge >= 0.3 is 0 Å². The zero-order chi connectivity index (χ0) is 15.0. The van der Waals surface area contributed by atoms with Crippen molar-refractivity contribution in [2.45, 2.75) is 45.6 Å². The summed E-state index contributed by atoms with van der Waals surface area (Å²) in [7, 11) is 1.95. The van der Waals surface area contributed by atoms with Crippen LogP contribution in [0.5, 0.6) is 0 Å². The first-order chi connectivity index (χ1) is 10.1. The SMILES string of the molecule is CCN1CCN(c2nc(C3CC3)nc(NC)c2C)CC1C. The normalized spacial score (nSPS) is 23.4. The fourth-order valence-corrected chi connectivity index (χ4v) is 3.25. The van der Waals surface area contributed by atoms with Gasteiger partial charge in [-0.2, -0.15) is 0 Å². The van der Waals surface area contributed by atoms with E-state index < -0.39 is 0 Å². The molecule has 0 radical (unpaired) electrons. The Morgan fingerprint density at radius 2 is 2.00 bits per heavy atom. The molecule has 1 saturated carbocycles. The van der Waals surface area contributed by atoms with Crippen molar-refractivity contribution in [3.63, 3.8) is 0 Å². The van der Waals surface area contributed by atoms with E-state index in [1.54, 1.807) is 0 Å². The van der Waals surface area contributed by atoms with E-state index in [0.29, 0.717) is 12.0 Å². The molecule has 1 unspecified atom stereocenters. The number of hydrogen-bond donors (Lipinski definition) is 1. The van der Waals surface area contributed by atoms with Crippen LogP contribution in [0.3, 0.4) is 0 Å². The highest BCUT2D eigenvalue weighted by Crippen LogP contribution is 2.40. The maximum absolute atomic E-state index is 4.91. The maximum atomic E-state index is 4.91. The highest BCUT2D eigenvalue weighted by atomic mass is 15.3. The van der Waals surface area contributed by atoms with Crippen LogP contribution < -0.4 is 10.2 Å². The zero-order valence-corrected chi connectivity index (χ0v) is 13.7. The van der Waals surface area contributed by atoms with E-state index in [1.807, 2.05) is 7.05 Å². The minimum Gasteiger partial charge on any atom is -0.373 e. The Balaban J connectivity index is 1.88. The third kappa shape index (κ3) is 2.84. The van der Waals surface area contributed by atoms with Crippen molar-refractivity contribution >= 4 is 11.6 Å². The van der Waals surface area contributed by atoms with Crippen LogP contribution in [-0.2, 0) is 0 Å². The summed E-state index contributed by atoms with van der Waals surface area (Å²) in [5.74, 6) is 3.75. The van der Waals surface area contributed by atoms with Crippen LogP contribution in [0.15, 0.2) is 0 Å². The quantitative estimate of drug-likeness (QED) is 0.921. The molecule has 1 saturated heterocycles. The van der Waals surface area contributed by atoms with Crippen LogP contribution in [0.4, 0.5) is 11.6 Å². The van der Waals surface area contributed by atoms with Gasteiger partial charge in [-0.15, -0.1) is 0 Å². The van der Waals surface area contributed by atoms with Gasteiger partial charge in [0.2, 0.25) is 0 Å². The van der Waals surface area contributed by atoms with Gasteiger partial charge in [0.05, 0.1) is 0 Å². The highest BCUT2D eigenvalue weighted by Gasteiger charge is 2.30. The second kappa shape index (κ2) is 5.79. The smallest absolute Gasteiger partial charge is 0.137 e. The van der Waals surface area contributed by atoms with Gasteiger partial charge in [-0.3, -0.25) is 4.90 Å². The van der Waals surface area contributed by atoms with Crippen molar-refractivity contribution in [3.8, 4) is 0 Å². The summed E-state index contributed by atoms with van der Waals surface area (Å²) >= 11 is 0. The third-order valence-electron chi connectivity index (χ3n) is 4.79. The Morgan fingerprint density at radius 3 is 2.57 bits per heavy atom. The molecule has 1 atom stereocenters. The average Bonchev–Trinajstić information content (AvgIpc) is 3.32. The number of piperazine rings is 1. The van der Waals surface area contributed by atoms with E-state index in [9.17, 15) is 0 Å². The molecule has 2 heterocycles. The van der Waals surface area contributed by atoms with Gasteiger partial charge in [-0.1, -0.05) is 6.92 Å². The van der Waals surface area contributed by atoms with Crippen LogP contribution in [0, 0.1) is 6.92 Å². The fourth-order valence-electron chi connectivity index (χ4n) is 3.25. The minimum atomic E-state index is 0.584. The minimum absolute atomic E-state index is 0.584. The van der Waals surface area contributed by atoms with Crippen molar-refractivity contribution in [2.24, 2.45) is 0 Å². The lowest BCUT2D eigenvalue weighted by Crippen LogP contribution is -2.52. The van der Waals surface area contributed by atoms with Crippen LogP contribution in [0.25, 0.3) is 0 Å². The molecule has 2 fully saturated rings. The highest BCUT2D eigenvalue weighted by molar-refractivity contribution is 5.59. The number of anilines is 2. The first kappa shape index (κ1) is 14.6. The predicted octanol–water partition coefficient (Wildman–Crippen LogP) is 2.23. The van der Waals surface area contributed by atoms with E-state index >= 15 is 0 Å². The number of likely N-dealkylation sites (N-methyl/N-ethyl adjacent to an activating group) is 1. The number of nitrogens with zero attached hydrogens (tertiary/aromatic N) is 4. The average molecular weight is 289 g/mol. The standard InChI is InChI=1S/C16H27N5/c1-5-20-8-9-21(10-11(20)2)16-12(3)14(17-4)18-15(19-16)13-6-7-13/h11,13H,5-10H2,1-4H3,(H,17,18,19). The molecule has 21 heavy (non-hydrogen) atoms. The molecule has 0 spiro atoms. The van der Waals surface area contributed by atoms with Gasteiger partial charge < -0.3 is 10.2 Å². The summed E-state index contributed by atoms with van der Waals surface area (Å²) in [5, 5.41) is 3.24. The fraction of sp³-hybridized carbons (Fsp3) is 0.750. The van der Waals surface area contributed by atoms with Crippen molar-refractivity contribution in [2.75, 3.05) is 43.4 Å². The van der Waals surface area contributed by atoms with Crippen LogP contribution in [0.1, 0.15) is 44.0 Å². The van der Waals surface area contributed by atoms with Gasteiger partial charge in [-0.05, 0) is 33.2 Å². The predicted molar refractivity (Wildman–Crippen MR) is 87.2 cm³/mol. The Labute approximate surface area is 127 Å². The summed E-state index contributed by atoms with van der Waals surface area (Å²) < 4.78 is 0. The lowest BCUT2D eigenvalue weighted by atomic mass is 10.1. The zero-order valence-electron chi connectivity index (χ0n) is 13.7. The Morgan fingerprint density at radius 1 is 1.24 bits per heavy atom. The van der Waals surface area contributed by atoms with Gasteiger partial charge in [0.15, 0.2) is 0 Å². The summed E-state index contributed by atoms with van der Waals surface area (Å²) in [6, 6.07) is 0.584. The van der Waals surface area contributed by atoms with Crippen LogP contribution in [0.2, 0.25) is 0 Å². The Kier molecular flexibility index (Phi) is 4.02. The summed E-state index contributed by atoms with van der Waals surface area (Å²) in [4.78, 5) is 14.6. The van der Waals surface area contributed by atoms with E-state index in [4.69, 9.17) is 9.97 Å². The Hall–Kier alpha value is -1.36. The molecule has 1 aliphatic carbocycles. The molecule has 116 valence electrons. The summed E-state index contributed by atoms with van der Waals surface area (Å²) in [6.07, 6.45) is 2.48. The van der Waals surface area contributed by atoms with E-state index in [0.717, 1.165) is 43.6 Å². The second-order valence-corrected chi connectivity index (χ2v) is 6.33. The van der Waals surface area contributed by atoms with Crippen molar-refractivity contribution in [1.82, 2.24) is 14.9 Å². The molecule has 2 aliphatic rings. The molecule has 3 rings (SSSR count). The van der Waals surface area contributed by atoms with Crippen molar-refractivity contribution in [1.29, 1.82) is 0 Å². The van der Waals surface area contributed by atoms with E-state index in [1.165, 1.54) is 18.4 Å². The second-order valence-electron chi connectivity index (χ2n) is 6.33. The summed E-state index contributed by atoms with van der Waals surface area (Å²) in [5.41, 5.74) is 1.18. The lowest BCUT2D eigenvalue weighted by molar-refractivity contribution is 0.199. The number of hydrogen-bond acceptors (Lipinski definition) is 5. The summed E-state index contributed by atoms with van der Waals surface area (Å²) in [6.45, 7) is 11.1.